The molecular formula is C8H4Cl3NO3S2. The Morgan fingerprint density at radius 3 is 2.59 bits per heavy atom. The maximum atomic E-state index is 12.0. The normalized spacial score (nSPS) is 19.8. The zero-order valence-electron chi connectivity index (χ0n) is 7.93. The van der Waals surface area contributed by atoms with Crippen molar-refractivity contribution in [3.05, 3.63) is 29.8 Å². The van der Waals surface area contributed by atoms with Crippen molar-refractivity contribution in [1.82, 2.24) is 3.71 Å². The topological polar surface area (TPSA) is 46.6 Å². The monoisotopic (exact) mass is 331 g/mol. The van der Waals surface area contributed by atoms with Crippen LogP contribution in [0.5, 0.6) is 5.75 Å². The summed E-state index contributed by atoms with van der Waals surface area (Å²) in [4.78, 5) is 12.0. The first-order valence-electron chi connectivity index (χ1n) is 4.18. The number of benzene rings is 1. The fourth-order valence-corrected chi connectivity index (χ4v) is 3.79. The second kappa shape index (κ2) is 4.85. The first kappa shape index (κ1) is 13.3. The van der Waals surface area contributed by atoms with Crippen LogP contribution in [0.2, 0.25) is 0 Å². The number of halogens is 3. The van der Waals surface area contributed by atoms with Crippen LogP contribution in [0.3, 0.4) is 0 Å². The second-order valence-electron chi connectivity index (χ2n) is 2.90. The number of amides is 1. The molecule has 0 N–H and O–H groups in total. The van der Waals surface area contributed by atoms with E-state index in [-0.39, 0.29) is 11.3 Å². The number of rotatable bonds is 1. The van der Waals surface area contributed by atoms with Gasteiger partial charge in [0.05, 0.1) is 5.56 Å². The van der Waals surface area contributed by atoms with Gasteiger partial charge in [0.1, 0.15) is 0 Å². The Morgan fingerprint density at radius 2 is 1.94 bits per heavy atom. The largest absolute Gasteiger partial charge is 0.383 e. The van der Waals surface area contributed by atoms with Gasteiger partial charge in [-0.1, -0.05) is 46.9 Å². The van der Waals surface area contributed by atoms with Crippen LogP contribution < -0.4 is 4.18 Å². The SMILES string of the molecule is O=C1c2ccccc2OS(=O)N1SC(Cl)(Cl)Cl. The Hall–Kier alpha value is -0.140. The Balaban J connectivity index is 2.34. The molecule has 0 saturated heterocycles. The molecule has 2 rings (SSSR count). The average Bonchev–Trinajstić information content (AvgIpc) is 2.23. The minimum absolute atomic E-state index is 0.247. The number of para-hydroxylation sites is 1. The van der Waals surface area contributed by atoms with E-state index >= 15 is 0 Å². The van der Waals surface area contributed by atoms with Crippen LogP contribution in [0.4, 0.5) is 0 Å². The highest BCUT2D eigenvalue weighted by Gasteiger charge is 2.38. The quantitative estimate of drug-likeness (QED) is 0.586. The van der Waals surface area contributed by atoms with Gasteiger partial charge < -0.3 is 4.18 Å². The summed E-state index contributed by atoms with van der Waals surface area (Å²) in [5.74, 6) is -0.279. The highest BCUT2D eigenvalue weighted by atomic mass is 35.6. The van der Waals surface area contributed by atoms with E-state index in [9.17, 15) is 9.00 Å². The first-order chi connectivity index (χ1) is 7.88. The molecule has 4 nitrogen and oxygen atoms in total. The van der Waals surface area contributed by atoms with Crippen LogP contribution in [0.1, 0.15) is 10.4 Å². The van der Waals surface area contributed by atoms with Crippen LogP contribution in [0.15, 0.2) is 24.3 Å². The second-order valence-corrected chi connectivity index (χ2v) is 8.21. The lowest BCUT2D eigenvalue weighted by Gasteiger charge is -2.26. The number of hydrogen-bond donors (Lipinski definition) is 0. The molecule has 1 aromatic rings. The average molecular weight is 333 g/mol. The summed E-state index contributed by atoms with van der Waals surface area (Å²) < 4.78 is 15.7. The predicted molar refractivity (Wildman–Crippen MR) is 69.3 cm³/mol. The summed E-state index contributed by atoms with van der Waals surface area (Å²) in [5, 5.41) is 0. The Bertz CT molecular complexity index is 491. The number of carbonyl (C=O) groups is 1. The van der Waals surface area contributed by atoms with Gasteiger partial charge in [-0.05, 0) is 12.1 Å². The molecule has 0 aromatic heterocycles. The molecule has 0 fully saturated rings. The van der Waals surface area contributed by atoms with Crippen molar-refractivity contribution >= 4 is 63.9 Å². The van der Waals surface area contributed by atoms with Crippen molar-refractivity contribution < 1.29 is 13.2 Å². The van der Waals surface area contributed by atoms with Crippen LogP contribution in [0.25, 0.3) is 0 Å². The first-order valence-corrected chi connectivity index (χ1v) is 7.12. The van der Waals surface area contributed by atoms with Crippen LogP contribution in [-0.4, -0.2) is 17.0 Å². The molecule has 1 unspecified atom stereocenters. The molecule has 1 amide bonds. The smallest absolute Gasteiger partial charge is 0.332 e. The molecule has 0 saturated carbocycles. The number of fused-ring (bicyclic) bond motifs is 1. The van der Waals surface area contributed by atoms with Crippen molar-refractivity contribution in [1.29, 1.82) is 0 Å². The molecule has 1 aliphatic heterocycles. The summed E-state index contributed by atoms with van der Waals surface area (Å²) in [6.07, 6.45) is 0. The summed E-state index contributed by atoms with van der Waals surface area (Å²) in [6.45, 7) is 0. The Kier molecular flexibility index (Phi) is 3.80. The van der Waals surface area contributed by atoms with E-state index in [1.165, 1.54) is 0 Å². The molecule has 1 aliphatic rings. The number of alkyl halides is 3. The van der Waals surface area contributed by atoms with E-state index in [1.54, 1.807) is 24.3 Å². The summed E-state index contributed by atoms with van der Waals surface area (Å²) in [7, 11) is 0. The van der Waals surface area contributed by atoms with Gasteiger partial charge in [-0.3, -0.25) is 4.79 Å². The minimum Gasteiger partial charge on any atom is -0.383 e. The molecule has 0 spiro atoms. The van der Waals surface area contributed by atoms with Gasteiger partial charge in [0, 0.05) is 11.9 Å². The van der Waals surface area contributed by atoms with E-state index in [2.05, 4.69) is 0 Å². The highest BCUT2D eigenvalue weighted by molar-refractivity contribution is 8.10. The molecule has 1 aromatic carbocycles. The van der Waals surface area contributed by atoms with Gasteiger partial charge in [0.25, 0.3) is 9.03 Å². The maximum Gasteiger partial charge on any atom is 0.332 e. The van der Waals surface area contributed by atoms with E-state index in [1.807, 2.05) is 0 Å². The lowest BCUT2D eigenvalue weighted by Crippen LogP contribution is -2.35. The van der Waals surface area contributed by atoms with Gasteiger partial charge in [-0.25, -0.2) is 0 Å². The van der Waals surface area contributed by atoms with Gasteiger partial charge in [0.15, 0.2) is 5.75 Å². The number of carbonyl (C=O) groups excluding carboxylic acids is 1. The van der Waals surface area contributed by atoms with Gasteiger partial charge in [-0.15, -0.1) is 0 Å². The van der Waals surface area contributed by atoms with Crippen LogP contribution >= 0.6 is 46.8 Å². The molecule has 92 valence electrons. The van der Waals surface area contributed by atoms with E-state index < -0.39 is 20.3 Å². The van der Waals surface area contributed by atoms with Crippen LogP contribution in [0, 0.1) is 0 Å². The van der Waals surface area contributed by atoms with E-state index in [4.69, 9.17) is 39.0 Å². The molecule has 17 heavy (non-hydrogen) atoms. The molecule has 1 atom stereocenters. The Labute approximate surface area is 119 Å². The summed E-state index contributed by atoms with van der Waals surface area (Å²) in [6, 6.07) is 6.41. The molecule has 0 aliphatic carbocycles. The molecular weight excluding hydrogens is 329 g/mol. The summed E-state index contributed by atoms with van der Waals surface area (Å²) >= 11 is 15.1. The highest BCUT2D eigenvalue weighted by Crippen LogP contribution is 2.44. The van der Waals surface area contributed by atoms with Crippen molar-refractivity contribution in [2.45, 2.75) is 3.12 Å². The third-order valence-corrected chi connectivity index (χ3v) is 4.27. The van der Waals surface area contributed by atoms with Crippen molar-refractivity contribution in [3.8, 4) is 5.75 Å². The zero-order valence-corrected chi connectivity index (χ0v) is 11.8. The molecule has 0 radical (unpaired) electrons. The Morgan fingerprint density at radius 1 is 1.29 bits per heavy atom. The number of nitrogens with zero attached hydrogens (tertiary/aromatic N) is 1. The van der Waals surface area contributed by atoms with Crippen molar-refractivity contribution in [2.75, 3.05) is 0 Å². The zero-order chi connectivity index (χ0) is 12.6. The lowest BCUT2D eigenvalue weighted by atomic mass is 10.2. The van der Waals surface area contributed by atoms with Gasteiger partial charge in [-0.2, -0.15) is 7.92 Å². The third kappa shape index (κ3) is 3.00. The molecule has 1 heterocycles. The van der Waals surface area contributed by atoms with Crippen LogP contribution in [-0.2, 0) is 11.3 Å². The summed E-state index contributed by atoms with van der Waals surface area (Å²) in [5.41, 5.74) is 0.272. The van der Waals surface area contributed by atoms with E-state index in [0.29, 0.717) is 11.9 Å². The predicted octanol–water partition coefficient (Wildman–Crippen LogP) is 3.08. The lowest BCUT2D eigenvalue weighted by molar-refractivity contribution is 0.0917. The number of hydrogen-bond acceptors (Lipinski definition) is 4. The maximum absolute atomic E-state index is 12.0. The van der Waals surface area contributed by atoms with Gasteiger partial charge in [0.2, 0.25) is 0 Å². The fraction of sp³-hybridized carbons (Fsp3) is 0.125. The van der Waals surface area contributed by atoms with Gasteiger partial charge >= 0.3 is 11.3 Å². The minimum atomic E-state index is -2.02. The third-order valence-electron chi connectivity index (χ3n) is 1.77. The fourth-order valence-electron chi connectivity index (χ4n) is 1.16. The molecule has 9 heteroatoms. The van der Waals surface area contributed by atoms with Crippen molar-refractivity contribution in [3.63, 3.8) is 0 Å². The standard InChI is InChI=1S/C8H4Cl3NO3S2/c9-8(10,11)16-12-7(13)5-3-1-2-4-6(5)15-17(12)14/h1-4H. The van der Waals surface area contributed by atoms with E-state index in [0.717, 1.165) is 3.71 Å². The van der Waals surface area contributed by atoms with Crippen molar-refractivity contribution in [2.24, 2.45) is 0 Å². The molecule has 0 bridgehead atoms.